The van der Waals surface area contributed by atoms with Crippen LogP contribution in [0.4, 0.5) is 5.69 Å². The number of hydrogen-bond acceptors (Lipinski definition) is 2. The van der Waals surface area contributed by atoms with Crippen molar-refractivity contribution in [1.29, 1.82) is 0 Å². The minimum atomic E-state index is 0.0618. The minimum absolute atomic E-state index is 0.0618. The number of carbonyl (C=O) groups is 1. The van der Waals surface area contributed by atoms with Gasteiger partial charge in [0.1, 0.15) is 0 Å². The summed E-state index contributed by atoms with van der Waals surface area (Å²) in [4.78, 5) is 12.4. The average Bonchev–Trinajstić information content (AvgIpc) is 2.83. The molecule has 3 aromatic rings. The molecule has 4 heteroatoms. The van der Waals surface area contributed by atoms with E-state index in [1.807, 2.05) is 54.2 Å². The van der Waals surface area contributed by atoms with Gasteiger partial charge in [-0.05, 0) is 24.3 Å². The highest BCUT2D eigenvalue weighted by atomic mass is 35.5. The normalized spacial score (nSPS) is 10.8. The lowest BCUT2D eigenvalue weighted by atomic mass is 10.1. The second-order valence-corrected chi connectivity index (χ2v) is 5.39. The zero-order chi connectivity index (χ0) is 14.8. The van der Waals surface area contributed by atoms with Crippen molar-refractivity contribution in [3.8, 4) is 0 Å². The number of halogens is 1. The van der Waals surface area contributed by atoms with Crippen LogP contribution in [0.3, 0.4) is 0 Å². The highest BCUT2D eigenvalue weighted by Gasteiger charge is 2.13. The molecule has 0 amide bonds. The summed E-state index contributed by atoms with van der Waals surface area (Å²) in [5.74, 6) is 0.0618. The summed E-state index contributed by atoms with van der Waals surface area (Å²) in [6.07, 6.45) is 1.88. The first-order valence-electron chi connectivity index (χ1n) is 6.72. The summed E-state index contributed by atoms with van der Waals surface area (Å²) in [5, 5.41) is 4.75. The predicted molar refractivity (Wildman–Crippen MR) is 87.2 cm³/mol. The largest absolute Gasteiger partial charge is 0.378 e. The molecule has 2 aromatic carbocycles. The van der Waals surface area contributed by atoms with E-state index in [9.17, 15) is 4.79 Å². The first-order valence-corrected chi connectivity index (χ1v) is 7.09. The van der Waals surface area contributed by atoms with E-state index < -0.39 is 0 Å². The molecule has 0 atom stereocenters. The van der Waals surface area contributed by atoms with Crippen LogP contribution in [0, 0.1) is 0 Å². The van der Waals surface area contributed by atoms with Crippen molar-refractivity contribution in [1.82, 2.24) is 4.57 Å². The van der Waals surface area contributed by atoms with Gasteiger partial charge < -0.3 is 9.88 Å². The molecule has 106 valence electrons. The summed E-state index contributed by atoms with van der Waals surface area (Å²) in [6.45, 7) is 0.244. The molecule has 0 aliphatic heterocycles. The number of ketones is 1. The number of para-hydroxylation sites is 1. The fourth-order valence-electron chi connectivity index (χ4n) is 2.44. The molecular weight excluding hydrogens is 284 g/mol. The Balaban J connectivity index is 1.81. The molecule has 3 nitrogen and oxygen atoms in total. The summed E-state index contributed by atoms with van der Waals surface area (Å²) in [6, 6.07) is 15.3. The first kappa shape index (κ1) is 13.7. The van der Waals surface area contributed by atoms with Gasteiger partial charge in [-0.15, -0.1) is 0 Å². The Morgan fingerprint density at radius 2 is 2.00 bits per heavy atom. The summed E-state index contributed by atoms with van der Waals surface area (Å²) < 4.78 is 1.97. The Morgan fingerprint density at radius 3 is 2.81 bits per heavy atom. The van der Waals surface area contributed by atoms with Crippen molar-refractivity contribution < 1.29 is 4.79 Å². The van der Waals surface area contributed by atoms with Crippen LogP contribution in [0.5, 0.6) is 0 Å². The van der Waals surface area contributed by atoms with Gasteiger partial charge in [-0.25, -0.2) is 0 Å². The van der Waals surface area contributed by atoms with Gasteiger partial charge in [-0.3, -0.25) is 4.79 Å². The van der Waals surface area contributed by atoms with Gasteiger partial charge in [-0.2, -0.15) is 0 Å². The molecule has 3 rings (SSSR count). The number of anilines is 1. The maximum Gasteiger partial charge on any atom is 0.184 e. The summed E-state index contributed by atoms with van der Waals surface area (Å²) >= 11 is 5.93. The molecule has 21 heavy (non-hydrogen) atoms. The number of rotatable bonds is 4. The molecule has 0 unspecified atom stereocenters. The summed E-state index contributed by atoms with van der Waals surface area (Å²) in [5.41, 5.74) is 2.64. The lowest BCUT2D eigenvalue weighted by molar-refractivity contribution is 0.101. The Labute approximate surface area is 128 Å². The number of hydrogen-bond donors (Lipinski definition) is 1. The minimum Gasteiger partial charge on any atom is -0.378 e. The van der Waals surface area contributed by atoms with E-state index >= 15 is 0 Å². The number of nitrogens with zero attached hydrogens (tertiary/aromatic N) is 1. The van der Waals surface area contributed by atoms with Gasteiger partial charge in [0, 0.05) is 40.4 Å². The number of aromatic nitrogens is 1. The van der Waals surface area contributed by atoms with E-state index in [1.165, 1.54) is 0 Å². The van der Waals surface area contributed by atoms with Crippen molar-refractivity contribution >= 4 is 34.0 Å². The molecule has 0 saturated carbocycles. The number of aryl methyl sites for hydroxylation is 1. The van der Waals surface area contributed by atoms with Gasteiger partial charge >= 0.3 is 0 Å². The lowest BCUT2D eigenvalue weighted by Crippen LogP contribution is -2.13. The van der Waals surface area contributed by atoms with E-state index in [-0.39, 0.29) is 12.3 Å². The molecule has 1 heterocycles. The molecule has 0 aliphatic carbocycles. The van der Waals surface area contributed by atoms with E-state index in [1.54, 1.807) is 12.1 Å². The molecule has 0 aliphatic rings. The van der Waals surface area contributed by atoms with Crippen LogP contribution in [-0.4, -0.2) is 16.9 Å². The van der Waals surface area contributed by atoms with Gasteiger partial charge in [0.05, 0.1) is 6.54 Å². The van der Waals surface area contributed by atoms with E-state index in [0.717, 1.165) is 22.2 Å². The smallest absolute Gasteiger partial charge is 0.184 e. The van der Waals surface area contributed by atoms with Gasteiger partial charge in [0.15, 0.2) is 5.78 Å². The standard InChI is InChI=1S/C17H15ClN2O/c1-20-11-15(14-7-2-3-8-16(14)20)17(21)10-19-13-6-4-5-12(18)9-13/h2-9,11,19H,10H2,1H3. The fraction of sp³-hybridized carbons (Fsp3) is 0.118. The van der Waals surface area contributed by atoms with Crippen LogP contribution in [-0.2, 0) is 7.05 Å². The number of fused-ring (bicyclic) bond motifs is 1. The number of benzene rings is 2. The SMILES string of the molecule is Cn1cc(C(=O)CNc2cccc(Cl)c2)c2ccccc21. The molecular formula is C17H15ClN2O. The third kappa shape index (κ3) is 2.78. The predicted octanol–water partition coefficient (Wildman–Crippen LogP) is 4.13. The number of carbonyl (C=O) groups excluding carboxylic acids is 1. The van der Waals surface area contributed by atoms with E-state index in [4.69, 9.17) is 11.6 Å². The van der Waals surface area contributed by atoms with Crippen LogP contribution in [0.2, 0.25) is 5.02 Å². The topological polar surface area (TPSA) is 34.0 Å². The molecule has 0 fully saturated rings. The zero-order valence-corrected chi connectivity index (χ0v) is 12.4. The molecule has 1 N–H and O–H groups in total. The highest BCUT2D eigenvalue weighted by Crippen LogP contribution is 2.21. The maximum atomic E-state index is 12.4. The van der Waals surface area contributed by atoms with Gasteiger partial charge in [-0.1, -0.05) is 35.9 Å². The lowest BCUT2D eigenvalue weighted by Gasteiger charge is -2.05. The third-order valence-electron chi connectivity index (χ3n) is 3.48. The highest BCUT2D eigenvalue weighted by molar-refractivity contribution is 6.30. The molecule has 0 spiro atoms. The Kier molecular flexibility index (Phi) is 3.67. The zero-order valence-electron chi connectivity index (χ0n) is 11.6. The van der Waals surface area contributed by atoms with Crippen molar-refractivity contribution in [2.24, 2.45) is 7.05 Å². The van der Waals surface area contributed by atoms with Gasteiger partial charge in [0.25, 0.3) is 0 Å². The molecule has 0 radical (unpaired) electrons. The maximum absolute atomic E-state index is 12.4. The Morgan fingerprint density at radius 1 is 1.19 bits per heavy atom. The number of Topliss-reactive ketones (excluding diaryl/α,β-unsaturated/α-hetero) is 1. The average molecular weight is 299 g/mol. The molecule has 0 bridgehead atoms. The van der Waals surface area contributed by atoms with Crippen molar-refractivity contribution in [3.05, 3.63) is 65.3 Å². The Hall–Kier alpha value is -2.26. The van der Waals surface area contributed by atoms with Crippen LogP contribution in [0.15, 0.2) is 54.7 Å². The second kappa shape index (κ2) is 5.62. The van der Waals surface area contributed by atoms with E-state index in [0.29, 0.717) is 5.02 Å². The Bertz CT molecular complexity index is 807. The van der Waals surface area contributed by atoms with Crippen LogP contribution >= 0.6 is 11.6 Å². The third-order valence-corrected chi connectivity index (χ3v) is 3.71. The van der Waals surface area contributed by atoms with Crippen LogP contribution in [0.1, 0.15) is 10.4 Å². The van der Waals surface area contributed by atoms with Crippen molar-refractivity contribution in [2.75, 3.05) is 11.9 Å². The van der Waals surface area contributed by atoms with Gasteiger partial charge in [0.2, 0.25) is 0 Å². The van der Waals surface area contributed by atoms with Crippen LogP contribution < -0.4 is 5.32 Å². The van der Waals surface area contributed by atoms with Crippen LogP contribution in [0.25, 0.3) is 10.9 Å². The van der Waals surface area contributed by atoms with Crippen molar-refractivity contribution in [2.45, 2.75) is 0 Å². The second-order valence-electron chi connectivity index (χ2n) is 4.96. The molecule has 0 saturated heterocycles. The summed E-state index contributed by atoms with van der Waals surface area (Å²) in [7, 11) is 1.95. The molecule has 1 aromatic heterocycles. The first-order chi connectivity index (χ1) is 10.1. The van der Waals surface area contributed by atoms with Crippen molar-refractivity contribution in [3.63, 3.8) is 0 Å². The quantitative estimate of drug-likeness (QED) is 0.735. The number of nitrogens with one attached hydrogen (secondary N) is 1. The fourth-order valence-corrected chi connectivity index (χ4v) is 2.63. The van der Waals surface area contributed by atoms with E-state index in [2.05, 4.69) is 5.32 Å². The monoisotopic (exact) mass is 298 g/mol.